The Morgan fingerprint density at radius 3 is 2.58 bits per heavy atom. The van der Waals surface area contributed by atoms with Crippen LogP contribution in [-0.2, 0) is 4.79 Å². The molecule has 0 saturated heterocycles. The molecule has 0 bridgehead atoms. The molecule has 5 nitrogen and oxygen atoms in total. The Morgan fingerprint density at radius 2 is 1.81 bits per heavy atom. The van der Waals surface area contributed by atoms with Crippen LogP contribution in [0.25, 0.3) is 17.0 Å². The standard InChI is InChI=1S/C21H20N2O3/c1-14-12-18(16-6-4-5-7-17(16)22-14)23-21(24)11-9-15-8-10-19(25-2)20(13-15)26-3/h4-13H,1-3H3,(H,22,23,24)/b11-9+. The van der Waals surface area contributed by atoms with Crippen molar-refractivity contribution in [3.05, 3.63) is 65.9 Å². The third kappa shape index (κ3) is 3.83. The van der Waals surface area contributed by atoms with Gasteiger partial charge in [-0.2, -0.15) is 0 Å². The van der Waals surface area contributed by atoms with Crippen LogP contribution in [0.5, 0.6) is 11.5 Å². The van der Waals surface area contributed by atoms with Crippen LogP contribution < -0.4 is 14.8 Å². The van der Waals surface area contributed by atoms with Crippen molar-refractivity contribution in [2.45, 2.75) is 6.92 Å². The average molecular weight is 348 g/mol. The number of hydrogen-bond donors (Lipinski definition) is 1. The molecule has 2 aromatic carbocycles. The molecule has 0 unspecified atom stereocenters. The summed E-state index contributed by atoms with van der Waals surface area (Å²) in [5.74, 6) is 1.05. The van der Waals surface area contributed by atoms with Crippen molar-refractivity contribution in [3.63, 3.8) is 0 Å². The van der Waals surface area contributed by atoms with E-state index in [2.05, 4.69) is 10.3 Å². The minimum Gasteiger partial charge on any atom is -0.493 e. The maximum Gasteiger partial charge on any atom is 0.248 e. The predicted octanol–water partition coefficient (Wildman–Crippen LogP) is 4.21. The minimum atomic E-state index is -0.212. The summed E-state index contributed by atoms with van der Waals surface area (Å²) >= 11 is 0. The van der Waals surface area contributed by atoms with Crippen molar-refractivity contribution >= 4 is 28.6 Å². The first-order chi connectivity index (χ1) is 12.6. The summed E-state index contributed by atoms with van der Waals surface area (Å²) in [5, 5.41) is 3.83. The average Bonchev–Trinajstić information content (AvgIpc) is 2.66. The van der Waals surface area contributed by atoms with Crippen molar-refractivity contribution < 1.29 is 14.3 Å². The second kappa shape index (κ2) is 7.70. The number of carbonyl (C=O) groups is 1. The van der Waals surface area contributed by atoms with Crippen LogP contribution in [0.1, 0.15) is 11.3 Å². The fourth-order valence-electron chi connectivity index (χ4n) is 2.71. The zero-order valence-corrected chi connectivity index (χ0v) is 14.9. The molecule has 1 N–H and O–H groups in total. The smallest absolute Gasteiger partial charge is 0.248 e. The number of fused-ring (bicyclic) bond motifs is 1. The second-order valence-corrected chi connectivity index (χ2v) is 5.77. The van der Waals surface area contributed by atoms with E-state index in [-0.39, 0.29) is 5.91 Å². The largest absolute Gasteiger partial charge is 0.493 e. The number of hydrogen-bond acceptors (Lipinski definition) is 4. The van der Waals surface area contributed by atoms with Gasteiger partial charge >= 0.3 is 0 Å². The molecule has 0 fully saturated rings. The van der Waals surface area contributed by atoms with E-state index in [1.807, 2.05) is 49.4 Å². The van der Waals surface area contributed by atoms with Gasteiger partial charge in [0.25, 0.3) is 0 Å². The van der Waals surface area contributed by atoms with E-state index in [0.29, 0.717) is 11.5 Å². The van der Waals surface area contributed by atoms with Gasteiger partial charge in [-0.3, -0.25) is 9.78 Å². The number of nitrogens with zero attached hydrogens (tertiary/aromatic N) is 1. The van der Waals surface area contributed by atoms with Crippen LogP contribution in [0.4, 0.5) is 5.69 Å². The van der Waals surface area contributed by atoms with Gasteiger partial charge in [-0.25, -0.2) is 0 Å². The monoisotopic (exact) mass is 348 g/mol. The lowest BCUT2D eigenvalue weighted by molar-refractivity contribution is -0.111. The molecule has 0 radical (unpaired) electrons. The lowest BCUT2D eigenvalue weighted by Gasteiger charge is -2.09. The Labute approximate surface area is 152 Å². The van der Waals surface area contributed by atoms with Crippen LogP contribution in [0.2, 0.25) is 0 Å². The molecule has 1 amide bonds. The molecular weight excluding hydrogens is 328 g/mol. The molecule has 0 atom stereocenters. The molecule has 0 aliphatic carbocycles. The first kappa shape index (κ1) is 17.5. The highest BCUT2D eigenvalue weighted by atomic mass is 16.5. The molecule has 0 saturated carbocycles. The third-order valence-corrected chi connectivity index (χ3v) is 3.94. The predicted molar refractivity (Wildman–Crippen MR) is 104 cm³/mol. The van der Waals surface area contributed by atoms with Crippen LogP contribution in [-0.4, -0.2) is 25.1 Å². The van der Waals surface area contributed by atoms with Crippen molar-refractivity contribution in [2.24, 2.45) is 0 Å². The van der Waals surface area contributed by atoms with Gasteiger partial charge in [0.2, 0.25) is 5.91 Å². The molecular formula is C21H20N2O3. The fraction of sp³-hybridized carbons (Fsp3) is 0.143. The number of amides is 1. The van der Waals surface area contributed by atoms with Gasteiger partial charge in [0.15, 0.2) is 11.5 Å². The van der Waals surface area contributed by atoms with E-state index in [0.717, 1.165) is 27.8 Å². The lowest BCUT2D eigenvalue weighted by Crippen LogP contribution is -2.08. The summed E-state index contributed by atoms with van der Waals surface area (Å²) in [6.07, 6.45) is 3.22. The number of aromatic nitrogens is 1. The molecule has 1 heterocycles. The number of benzene rings is 2. The van der Waals surface area contributed by atoms with Gasteiger partial charge < -0.3 is 14.8 Å². The Balaban J connectivity index is 1.80. The number of rotatable bonds is 5. The molecule has 0 spiro atoms. The number of ether oxygens (including phenoxy) is 2. The first-order valence-electron chi connectivity index (χ1n) is 8.18. The van der Waals surface area contributed by atoms with Crippen molar-refractivity contribution in [3.8, 4) is 11.5 Å². The number of para-hydroxylation sites is 1. The van der Waals surface area contributed by atoms with Crippen molar-refractivity contribution in [1.29, 1.82) is 0 Å². The van der Waals surface area contributed by atoms with Crippen LogP contribution in [0.15, 0.2) is 54.6 Å². The summed E-state index contributed by atoms with van der Waals surface area (Å²) in [6, 6.07) is 15.1. The molecule has 132 valence electrons. The normalized spacial score (nSPS) is 10.9. The molecule has 5 heteroatoms. The third-order valence-electron chi connectivity index (χ3n) is 3.94. The summed E-state index contributed by atoms with van der Waals surface area (Å²) in [7, 11) is 3.16. The fourth-order valence-corrected chi connectivity index (χ4v) is 2.71. The van der Waals surface area contributed by atoms with Gasteiger partial charge in [0, 0.05) is 17.2 Å². The summed E-state index contributed by atoms with van der Waals surface area (Å²) < 4.78 is 10.5. The molecule has 3 aromatic rings. The van der Waals surface area contributed by atoms with Gasteiger partial charge in [-0.15, -0.1) is 0 Å². The molecule has 0 aliphatic rings. The number of carbonyl (C=O) groups excluding carboxylic acids is 1. The van der Waals surface area contributed by atoms with Gasteiger partial charge in [-0.1, -0.05) is 24.3 Å². The van der Waals surface area contributed by atoms with E-state index in [1.54, 1.807) is 26.4 Å². The van der Waals surface area contributed by atoms with E-state index in [4.69, 9.17) is 9.47 Å². The van der Waals surface area contributed by atoms with Crippen LogP contribution in [0, 0.1) is 6.92 Å². The maximum atomic E-state index is 12.3. The number of anilines is 1. The van der Waals surface area contributed by atoms with Crippen LogP contribution >= 0.6 is 0 Å². The summed E-state index contributed by atoms with van der Waals surface area (Å²) in [5.41, 5.74) is 3.29. The quantitative estimate of drug-likeness (QED) is 0.702. The molecule has 0 aliphatic heterocycles. The maximum absolute atomic E-state index is 12.3. The Morgan fingerprint density at radius 1 is 1.04 bits per heavy atom. The number of aryl methyl sites for hydroxylation is 1. The highest BCUT2D eigenvalue weighted by Crippen LogP contribution is 2.28. The van der Waals surface area contributed by atoms with E-state index in [9.17, 15) is 4.79 Å². The summed E-state index contributed by atoms with van der Waals surface area (Å²) in [4.78, 5) is 16.8. The van der Waals surface area contributed by atoms with Crippen LogP contribution in [0.3, 0.4) is 0 Å². The Hall–Kier alpha value is -3.34. The summed E-state index contributed by atoms with van der Waals surface area (Å²) in [6.45, 7) is 1.90. The molecule has 3 rings (SSSR count). The highest BCUT2D eigenvalue weighted by molar-refractivity contribution is 6.07. The number of pyridine rings is 1. The Kier molecular flexibility index (Phi) is 5.17. The van der Waals surface area contributed by atoms with Crippen molar-refractivity contribution in [1.82, 2.24) is 4.98 Å². The lowest BCUT2D eigenvalue weighted by atomic mass is 10.1. The number of methoxy groups -OCH3 is 2. The van der Waals surface area contributed by atoms with E-state index >= 15 is 0 Å². The molecule has 1 aromatic heterocycles. The highest BCUT2D eigenvalue weighted by Gasteiger charge is 2.06. The zero-order valence-electron chi connectivity index (χ0n) is 14.9. The minimum absolute atomic E-state index is 0.212. The van der Waals surface area contributed by atoms with E-state index < -0.39 is 0 Å². The first-order valence-corrected chi connectivity index (χ1v) is 8.18. The topological polar surface area (TPSA) is 60.5 Å². The Bertz CT molecular complexity index is 980. The van der Waals surface area contributed by atoms with E-state index in [1.165, 1.54) is 6.08 Å². The zero-order chi connectivity index (χ0) is 18.5. The SMILES string of the molecule is COc1ccc(/C=C/C(=O)Nc2cc(C)nc3ccccc23)cc1OC. The van der Waals surface area contributed by atoms with Gasteiger partial charge in [0.1, 0.15) is 0 Å². The van der Waals surface area contributed by atoms with Crippen molar-refractivity contribution in [2.75, 3.05) is 19.5 Å². The van der Waals surface area contributed by atoms with Gasteiger partial charge in [-0.05, 0) is 42.8 Å². The molecule has 26 heavy (non-hydrogen) atoms. The second-order valence-electron chi connectivity index (χ2n) is 5.77. The van der Waals surface area contributed by atoms with Gasteiger partial charge in [0.05, 0.1) is 25.4 Å². The number of nitrogens with one attached hydrogen (secondary N) is 1.